The highest BCUT2D eigenvalue weighted by Gasteiger charge is 2.36. The lowest BCUT2D eigenvalue weighted by atomic mass is 10.1. The Hall–Kier alpha value is -3.56. The van der Waals surface area contributed by atoms with E-state index in [1.807, 2.05) is 0 Å². The number of carbonyl (C=O) groups is 2. The van der Waals surface area contributed by atoms with Gasteiger partial charge in [0.05, 0.1) is 28.4 Å². The summed E-state index contributed by atoms with van der Waals surface area (Å²) in [4.78, 5) is 26.7. The van der Waals surface area contributed by atoms with Crippen LogP contribution < -0.4 is 5.32 Å². The maximum Gasteiger partial charge on any atom is 0.419 e. The topological polar surface area (TPSA) is 105 Å². The van der Waals surface area contributed by atoms with E-state index in [0.29, 0.717) is 17.0 Å². The van der Waals surface area contributed by atoms with E-state index in [-0.39, 0.29) is 5.56 Å². The summed E-state index contributed by atoms with van der Waals surface area (Å²) in [6.07, 6.45) is -3.05. The van der Waals surface area contributed by atoms with Gasteiger partial charge in [0.15, 0.2) is 0 Å². The van der Waals surface area contributed by atoms with Crippen LogP contribution in [-0.4, -0.2) is 32.2 Å². The summed E-state index contributed by atoms with van der Waals surface area (Å²) < 4.78 is 39.6. The van der Waals surface area contributed by atoms with E-state index in [2.05, 4.69) is 20.5 Å². The smallest absolute Gasteiger partial charge is 0.419 e. The van der Waals surface area contributed by atoms with Crippen molar-refractivity contribution >= 4 is 28.6 Å². The minimum Gasteiger partial charge on any atom is -0.478 e. The van der Waals surface area contributed by atoms with Crippen LogP contribution in [0.5, 0.6) is 0 Å². The predicted octanol–water partition coefficient (Wildman–Crippen LogP) is 2.99. The fraction of sp³-hybridized carbons (Fsp3) is 0.0625. The van der Waals surface area contributed by atoms with Crippen molar-refractivity contribution in [1.82, 2.24) is 15.2 Å². The van der Waals surface area contributed by atoms with Crippen LogP contribution in [0.4, 0.5) is 19.0 Å². The molecule has 0 bridgehead atoms. The van der Waals surface area contributed by atoms with E-state index in [0.717, 1.165) is 12.4 Å². The Morgan fingerprint density at radius 1 is 1.12 bits per heavy atom. The molecule has 0 saturated carbocycles. The van der Waals surface area contributed by atoms with Gasteiger partial charge in [-0.3, -0.25) is 4.79 Å². The van der Waals surface area contributed by atoms with Gasteiger partial charge in [0.25, 0.3) is 5.91 Å². The summed E-state index contributed by atoms with van der Waals surface area (Å²) in [5.74, 6) is -3.24. The zero-order chi connectivity index (χ0) is 18.9. The number of carboxylic acids is 1. The molecule has 0 atom stereocenters. The molecule has 0 aliphatic carbocycles. The molecule has 132 valence electrons. The molecule has 0 spiro atoms. The van der Waals surface area contributed by atoms with Crippen molar-refractivity contribution in [1.29, 1.82) is 0 Å². The average Bonchev–Trinajstić information content (AvgIpc) is 2.60. The number of nitrogens with one attached hydrogen (secondary N) is 1. The third-order valence-corrected chi connectivity index (χ3v) is 3.46. The predicted molar refractivity (Wildman–Crippen MR) is 83.7 cm³/mol. The van der Waals surface area contributed by atoms with Crippen LogP contribution in [0, 0.1) is 0 Å². The highest BCUT2D eigenvalue weighted by molar-refractivity contribution is 6.12. The number of alkyl halides is 3. The fourth-order valence-corrected chi connectivity index (χ4v) is 2.26. The normalized spacial score (nSPS) is 11.3. The molecule has 0 aliphatic rings. The lowest BCUT2D eigenvalue weighted by Gasteiger charge is -2.13. The van der Waals surface area contributed by atoms with E-state index in [1.165, 1.54) is 0 Å². The van der Waals surface area contributed by atoms with Gasteiger partial charge in [-0.05, 0) is 12.1 Å². The third-order valence-electron chi connectivity index (χ3n) is 3.46. The summed E-state index contributed by atoms with van der Waals surface area (Å²) in [5.41, 5.74) is -1.61. The Balaban J connectivity index is 2.03. The van der Waals surface area contributed by atoms with Crippen LogP contribution in [0.1, 0.15) is 26.3 Å². The molecule has 3 aromatic rings. The molecule has 1 amide bonds. The summed E-state index contributed by atoms with van der Waals surface area (Å²) in [7, 11) is 0. The number of aromatic carboxylic acids is 1. The molecule has 2 heterocycles. The van der Waals surface area contributed by atoms with Gasteiger partial charge in [-0.2, -0.15) is 23.4 Å². The molecule has 0 saturated heterocycles. The number of anilines is 1. The van der Waals surface area contributed by atoms with Crippen molar-refractivity contribution < 1.29 is 27.9 Å². The number of carboxylic acid groups (broad SMARTS) is 1. The molecule has 0 radical (unpaired) electrons. The maximum absolute atomic E-state index is 13.2. The van der Waals surface area contributed by atoms with Crippen molar-refractivity contribution in [2.45, 2.75) is 6.18 Å². The maximum atomic E-state index is 13.2. The summed E-state index contributed by atoms with van der Waals surface area (Å²) in [5, 5.41) is 18.8. The van der Waals surface area contributed by atoms with Gasteiger partial charge in [-0.15, -0.1) is 0 Å². The van der Waals surface area contributed by atoms with Crippen LogP contribution in [0.15, 0.2) is 42.7 Å². The summed E-state index contributed by atoms with van der Waals surface area (Å²) >= 11 is 0. The molecular formula is C16H9F3N4O3. The minimum atomic E-state index is -4.90. The Kier molecular flexibility index (Phi) is 4.24. The lowest BCUT2D eigenvalue weighted by Crippen LogP contribution is -2.19. The number of nitrogens with zero attached hydrogens (tertiary/aromatic N) is 3. The molecule has 1 aromatic carbocycles. The first-order valence-electron chi connectivity index (χ1n) is 7.09. The first kappa shape index (κ1) is 17.3. The van der Waals surface area contributed by atoms with Crippen LogP contribution in [0.25, 0.3) is 10.9 Å². The van der Waals surface area contributed by atoms with Crippen molar-refractivity contribution in [3.8, 4) is 0 Å². The molecule has 10 heteroatoms. The van der Waals surface area contributed by atoms with Gasteiger partial charge in [0, 0.05) is 11.6 Å². The molecule has 0 unspecified atom stereocenters. The molecule has 7 nitrogen and oxygen atoms in total. The quantitative estimate of drug-likeness (QED) is 0.742. The van der Waals surface area contributed by atoms with Crippen molar-refractivity contribution in [3.63, 3.8) is 0 Å². The average molecular weight is 362 g/mol. The SMILES string of the molecule is O=C(O)c1cnc(NC(=O)c2cnnc3ccccc23)c(C(F)(F)F)c1. The lowest BCUT2D eigenvalue weighted by molar-refractivity contribution is -0.137. The Morgan fingerprint density at radius 3 is 2.54 bits per heavy atom. The van der Waals surface area contributed by atoms with E-state index < -0.39 is 35.0 Å². The Labute approximate surface area is 143 Å². The molecule has 0 fully saturated rings. The van der Waals surface area contributed by atoms with Gasteiger partial charge in [-0.1, -0.05) is 18.2 Å². The standard InChI is InChI=1S/C16H9F3N4O3/c17-16(18,19)11-5-8(15(25)26)6-20-13(11)22-14(24)10-7-21-23-12-4-2-1-3-9(10)12/h1-7H,(H,25,26)(H,20,22,24). The van der Waals surface area contributed by atoms with Crippen LogP contribution in [0.2, 0.25) is 0 Å². The van der Waals surface area contributed by atoms with Crippen molar-refractivity contribution in [2.24, 2.45) is 0 Å². The molecule has 0 aliphatic heterocycles. The molecule has 2 aromatic heterocycles. The van der Waals surface area contributed by atoms with Gasteiger partial charge in [-0.25, -0.2) is 9.78 Å². The molecule has 26 heavy (non-hydrogen) atoms. The number of benzene rings is 1. The number of hydrogen-bond acceptors (Lipinski definition) is 5. The number of fused-ring (bicyclic) bond motifs is 1. The number of halogens is 3. The number of pyridine rings is 1. The minimum absolute atomic E-state index is 0.00726. The summed E-state index contributed by atoms with van der Waals surface area (Å²) in [6, 6.07) is 6.90. The first-order valence-corrected chi connectivity index (χ1v) is 7.09. The highest BCUT2D eigenvalue weighted by atomic mass is 19.4. The fourth-order valence-electron chi connectivity index (χ4n) is 2.26. The Morgan fingerprint density at radius 2 is 1.85 bits per heavy atom. The summed E-state index contributed by atoms with van der Waals surface area (Å²) in [6.45, 7) is 0. The number of amides is 1. The van der Waals surface area contributed by atoms with Gasteiger partial charge in [0.2, 0.25) is 0 Å². The van der Waals surface area contributed by atoms with Gasteiger partial charge < -0.3 is 10.4 Å². The largest absolute Gasteiger partial charge is 0.478 e. The molecular weight excluding hydrogens is 353 g/mol. The zero-order valence-electron chi connectivity index (χ0n) is 12.8. The van der Waals surface area contributed by atoms with Crippen LogP contribution in [0.3, 0.4) is 0 Å². The van der Waals surface area contributed by atoms with E-state index in [1.54, 1.807) is 24.3 Å². The monoisotopic (exact) mass is 362 g/mol. The number of carbonyl (C=O) groups excluding carboxylic acids is 1. The van der Waals surface area contributed by atoms with Gasteiger partial charge >= 0.3 is 12.1 Å². The molecule has 2 N–H and O–H groups in total. The second-order valence-corrected chi connectivity index (χ2v) is 5.15. The van der Waals surface area contributed by atoms with E-state index in [4.69, 9.17) is 5.11 Å². The number of hydrogen-bond donors (Lipinski definition) is 2. The third kappa shape index (κ3) is 3.29. The van der Waals surface area contributed by atoms with Gasteiger partial charge in [0.1, 0.15) is 5.82 Å². The molecule has 3 rings (SSSR count). The van der Waals surface area contributed by atoms with Crippen LogP contribution in [-0.2, 0) is 6.18 Å². The second kappa shape index (κ2) is 6.39. The van der Waals surface area contributed by atoms with E-state index in [9.17, 15) is 22.8 Å². The number of aromatic nitrogens is 3. The van der Waals surface area contributed by atoms with Crippen LogP contribution >= 0.6 is 0 Å². The highest BCUT2D eigenvalue weighted by Crippen LogP contribution is 2.34. The second-order valence-electron chi connectivity index (χ2n) is 5.15. The van der Waals surface area contributed by atoms with Crippen molar-refractivity contribution in [2.75, 3.05) is 5.32 Å². The Bertz CT molecular complexity index is 1020. The van der Waals surface area contributed by atoms with Crippen molar-refractivity contribution in [3.05, 3.63) is 59.4 Å². The zero-order valence-corrected chi connectivity index (χ0v) is 12.8. The van der Waals surface area contributed by atoms with E-state index >= 15 is 0 Å². The number of rotatable bonds is 3. The first-order chi connectivity index (χ1) is 12.3.